The quantitative estimate of drug-likeness (QED) is 0.612. The van der Waals surface area contributed by atoms with Gasteiger partial charge in [0.25, 0.3) is 0 Å². The summed E-state index contributed by atoms with van der Waals surface area (Å²) in [5, 5.41) is 7.05. The molecule has 0 saturated carbocycles. The van der Waals surface area contributed by atoms with E-state index < -0.39 is 0 Å². The molecule has 2 N–H and O–H groups in total. The summed E-state index contributed by atoms with van der Waals surface area (Å²) in [4.78, 5) is 9.44. The van der Waals surface area contributed by atoms with Crippen LogP contribution in [-0.4, -0.2) is 68.1 Å². The Bertz CT molecular complexity index is 544. The Morgan fingerprint density at radius 3 is 2.40 bits per heavy atom. The van der Waals surface area contributed by atoms with E-state index in [9.17, 15) is 0 Å². The highest BCUT2D eigenvalue weighted by molar-refractivity contribution is 5.79. The van der Waals surface area contributed by atoms with Crippen LogP contribution in [0.15, 0.2) is 35.3 Å². The molecule has 0 aliphatic carbocycles. The van der Waals surface area contributed by atoms with Crippen LogP contribution >= 0.6 is 0 Å². The molecule has 0 bridgehead atoms. The zero-order valence-electron chi connectivity index (χ0n) is 15.7. The summed E-state index contributed by atoms with van der Waals surface area (Å²) in [5.41, 5.74) is 1.40. The topological polar surface area (TPSA) is 42.9 Å². The van der Waals surface area contributed by atoms with Gasteiger partial charge < -0.3 is 15.5 Å². The van der Waals surface area contributed by atoms with Gasteiger partial charge in [0.1, 0.15) is 0 Å². The van der Waals surface area contributed by atoms with Crippen molar-refractivity contribution in [1.82, 2.24) is 20.4 Å². The number of likely N-dealkylation sites (N-methyl/N-ethyl adjacent to an activating group) is 1. The Kier molecular flexibility index (Phi) is 6.70. The van der Waals surface area contributed by atoms with E-state index in [2.05, 4.69) is 62.8 Å². The fourth-order valence-electron chi connectivity index (χ4n) is 4.04. The number of guanidine groups is 1. The highest BCUT2D eigenvalue weighted by atomic mass is 15.2. The lowest BCUT2D eigenvalue weighted by Crippen LogP contribution is -2.47. The van der Waals surface area contributed by atoms with Gasteiger partial charge in [-0.15, -0.1) is 0 Å². The average Bonchev–Trinajstić information content (AvgIpc) is 3.25. The number of aliphatic imine (C=N–C) groups is 1. The molecule has 3 rings (SSSR count). The first-order valence-electron chi connectivity index (χ1n) is 9.69. The van der Waals surface area contributed by atoms with E-state index in [-0.39, 0.29) is 0 Å². The molecule has 2 unspecified atom stereocenters. The molecule has 2 atom stereocenters. The number of benzene rings is 1. The maximum absolute atomic E-state index is 4.40. The van der Waals surface area contributed by atoms with Crippen LogP contribution in [0, 0.1) is 0 Å². The van der Waals surface area contributed by atoms with Gasteiger partial charge in [-0.05, 0) is 51.4 Å². The lowest BCUT2D eigenvalue weighted by molar-refractivity contribution is 0.245. The van der Waals surface area contributed by atoms with E-state index >= 15 is 0 Å². The summed E-state index contributed by atoms with van der Waals surface area (Å²) in [6.45, 7) is 5.41. The van der Waals surface area contributed by atoms with Gasteiger partial charge in [0.05, 0.1) is 0 Å². The summed E-state index contributed by atoms with van der Waals surface area (Å²) < 4.78 is 0. The van der Waals surface area contributed by atoms with E-state index in [1.54, 1.807) is 0 Å². The van der Waals surface area contributed by atoms with Crippen LogP contribution in [0.3, 0.4) is 0 Å². The number of nitrogens with one attached hydrogen (secondary N) is 2. The van der Waals surface area contributed by atoms with Gasteiger partial charge in [0, 0.05) is 38.8 Å². The van der Waals surface area contributed by atoms with Crippen molar-refractivity contribution in [2.24, 2.45) is 4.99 Å². The molecule has 138 valence electrons. The molecule has 0 radical (unpaired) electrons. The van der Waals surface area contributed by atoms with Crippen LogP contribution in [0.1, 0.15) is 31.2 Å². The normalized spacial score (nSPS) is 25.4. The van der Waals surface area contributed by atoms with Crippen molar-refractivity contribution in [3.8, 4) is 0 Å². The monoisotopic (exact) mass is 343 g/mol. The van der Waals surface area contributed by atoms with Crippen LogP contribution in [0.5, 0.6) is 0 Å². The van der Waals surface area contributed by atoms with Gasteiger partial charge in [-0.1, -0.05) is 30.3 Å². The second kappa shape index (κ2) is 9.20. The van der Waals surface area contributed by atoms with Crippen LogP contribution in [0.25, 0.3) is 0 Å². The van der Waals surface area contributed by atoms with Crippen molar-refractivity contribution < 1.29 is 0 Å². The molecule has 0 aromatic heterocycles. The zero-order chi connectivity index (χ0) is 17.5. The number of nitrogens with zero attached hydrogens (tertiary/aromatic N) is 3. The van der Waals surface area contributed by atoms with Gasteiger partial charge in [0.15, 0.2) is 5.96 Å². The van der Waals surface area contributed by atoms with Crippen molar-refractivity contribution in [3.63, 3.8) is 0 Å². The molecule has 2 fully saturated rings. The molecule has 2 aliphatic rings. The maximum Gasteiger partial charge on any atom is 0.191 e. The largest absolute Gasteiger partial charge is 0.355 e. The van der Waals surface area contributed by atoms with E-state index in [0.29, 0.717) is 12.1 Å². The van der Waals surface area contributed by atoms with Crippen molar-refractivity contribution in [1.29, 1.82) is 0 Å². The molecule has 25 heavy (non-hydrogen) atoms. The van der Waals surface area contributed by atoms with Crippen LogP contribution in [0.2, 0.25) is 0 Å². The predicted molar refractivity (Wildman–Crippen MR) is 105 cm³/mol. The zero-order valence-corrected chi connectivity index (χ0v) is 15.7. The molecule has 0 amide bonds. The third kappa shape index (κ3) is 5.19. The second-order valence-corrected chi connectivity index (χ2v) is 7.36. The lowest BCUT2D eigenvalue weighted by Gasteiger charge is -2.26. The molecule has 0 spiro atoms. The summed E-state index contributed by atoms with van der Waals surface area (Å²) in [6, 6.07) is 12.0. The predicted octanol–water partition coefficient (Wildman–Crippen LogP) is 1.91. The fourth-order valence-corrected chi connectivity index (χ4v) is 4.04. The minimum atomic E-state index is 0.591. The minimum Gasteiger partial charge on any atom is -0.355 e. The Labute approximate surface area is 152 Å². The van der Waals surface area contributed by atoms with E-state index in [0.717, 1.165) is 25.6 Å². The Morgan fingerprint density at radius 2 is 1.72 bits per heavy atom. The van der Waals surface area contributed by atoms with Crippen molar-refractivity contribution in [3.05, 3.63) is 35.9 Å². The molecule has 1 aromatic carbocycles. The Hall–Kier alpha value is -1.59. The van der Waals surface area contributed by atoms with Gasteiger partial charge in [-0.25, -0.2) is 0 Å². The van der Waals surface area contributed by atoms with Crippen LogP contribution in [-0.2, 0) is 6.54 Å². The van der Waals surface area contributed by atoms with E-state index in [4.69, 9.17) is 0 Å². The van der Waals surface area contributed by atoms with Gasteiger partial charge in [0.2, 0.25) is 0 Å². The van der Waals surface area contributed by atoms with Gasteiger partial charge >= 0.3 is 0 Å². The summed E-state index contributed by atoms with van der Waals surface area (Å²) in [5.74, 6) is 0.937. The summed E-state index contributed by atoms with van der Waals surface area (Å²) in [7, 11) is 4.08. The summed E-state index contributed by atoms with van der Waals surface area (Å²) >= 11 is 0. The average molecular weight is 344 g/mol. The SMILES string of the molecule is CN=C(NCC1CCCN1C)NCC1CCCN1Cc1ccccc1. The van der Waals surface area contributed by atoms with Gasteiger partial charge in [-0.2, -0.15) is 0 Å². The highest BCUT2D eigenvalue weighted by Gasteiger charge is 2.25. The Morgan fingerprint density at radius 1 is 1.04 bits per heavy atom. The molecular formula is C20H33N5. The smallest absolute Gasteiger partial charge is 0.191 e. The standard InChI is InChI=1S/C20H33N5/c1-21-20(22-14-18-10-6-12-24(18)2)23-15-19-11-7-13-25(19)16-17-8-4-3-5-9-17/h3-5,8-9,18-19H,6-7,10-16H2,1-2H3,(H2,21,22,23). The van der Waals surface area contributed by atoms with Crippen LogP contribution in [0.4, 0.5) is 0 Å². The third-order valence-electron chi connectivity index (χ3n) is 5.63. The molecule has 2 heterocycles. The first-order chi connectivity index (χ1) is 12.3. The highest BCUT2D eigenvalue weighted by Crippen LogP contribution is 2.19. The number of rotatable bonds is 6. The van der Waals surface area contributed by atoms with E-state index in [1.807, 2.05) is 7.05 Å². The lowest BCUT2D eigenvalue weighted by atomic mass is 10.2. The van der Waals surface area contributed by atoms with Crippen LogP contribution < -0.4 is 10.6 Å². The number of likely N-dealkylation sites (tertiary alicyclic amines) is 2. The third-order valence-corrected chi connectivity index (χ3v) is 5.63. The number of hydrogen-bond acceptors (Lipinski definition) is 3. The van der Waals surface area contributed by atoms with Crippen molar-refractivity contribution in [2.45, 2.75) is 44.3 Å². The van der Waals surface area contributed by atoms with Gasteiger partial charge in [-0.3, -0.25) is 9.89 Å². The molecule has 5 nitrogen and oxygen atoms in total. The van der Waals surface area contributed by atoms with Crippen molar-refractivity contribution in [2.75, 3.05) is 40.3 Å². The fraction of sp³-hybridized carbons (Fsp3) is 0.650. The second-order valence-electron chi connectivity index (χ2n) is 7.36. The van der Waals surface area contributed by atoms with Crippen molar-refractivity contribution >= 4 is 5.96 Å². The molecular weight excluding hydrogens is 310 g/mol. The first kappa shape index (κ1) is 18.2. The molecule has 5 heteroatoms. The maximum atomic E-state index is 4.40. The number of hydrogen-bond donors (Lipinski definition) is 2. The minimum absolute atomic E-state index is 0.591. The molecule has 2 aliphatic heterocycles. The molecule has 1 aromatic rings. The first-order valence-corrected chi connectivity index (χ1v) is 9.69. The van der Waals surface area contributed by atoms with E-state index in [1.165, 1.54) is 44.3 Å². The molecule has 2 saturated heterocycles. The Balaban J connectivity index is 1.44. The summed E-state index contributed by atoms with van der Waals surface area (Å²) in [6.07, 6.45) is 5.15.